The molecule has 0 bridgehead atoms. The second-order valence-electron chi connectivity index (χ2n) is 7.20. The molecule has 0 amide bonds. The number of aryl methyl sites for hydroxylation is 1. The van der Waals surface area contributed by atoms with Gasteiger partial charge in [-0.25, -0.2) is 0 Å². The van der Waals surface area contributed by atoms with Crippen LogP contribution < -0.4 is 4.74 Å². The van der Waals surface area contributed by atoms with Crippen molar-refractivity contribution in [3.8, 4) is 11.5 Å². The van der Waals surface area contributed by atoms with Gasteiger partial charge in [-0.3, -0.25) is 0 Å². The molecule has 26 heavy (non-hydrogen) atoms. The van der Waals surface area contributed by atoms with Crippen molar-refractivity contribution in [1.82, 2.24) is 0 Å². The van der Waals surface area contributed by atoms with E-state index < -0.39 is 0 Å². The summed E-state index contributed by atoms with van der Waals surface area (Å²) in [6.45, 7) is 8.76. The van der Waals surface area contributed by atoms with Gasteiger partial charge in [0, 0.05) is 5.56 Å². The molecular formula is C23H36O3. The Morgan fingerprint density at radius 2 is 1.88 bits per heavy atom. The van der Waals surface area contributed by atoms with Crippen molar-refractivity contribution in [3.05, 3.63) is 46.6 Å². The number of benzene rings is 1. The Labute approximate surface area is 159 Å². The summed E-state index contributed by atoms with van der Waals surface area (Å²) in [5.74, 6) is 0.985. The molecule has 146 valence electrons. The maximum atomic E-state index is 10.5. The van der Waals surface area contributed by atoms with Crippen molar-refractivity contribution in [2.24, 2.45) is 0 Å². The number of allylic oxidation sites excluding steroid dienone is 4. The summed E-state index contributed by atoms with van der Waals surface area (Å²) in [5, 5.41) is 19.6. The van der Waals surface area contributed by atoms with Crippen LogP contribution in [0.2, 0.25) is 0 Å². The summed E-state index contributed by atoms with van der Waals surface area (Å²) >= 11 is 0. The molecule has 1 aromatic rings. The first-order valence-corrected chi connectivity index (χ1v) is 9.85. The molecule has 0 aliphatic heterocycles. The zero-order chi connectivity index (χ0) is 19.4. The lowest BCUT2D eigenvalue weighted by molar-refractivity contribution is 0.200. The Kier molecular flexibility index (Phi) is 10.8. The SMILES string of the molecule is CCCCCc1cc(O)c(CC=C(C)CCC=C(C)C)c(OCCO)c1. The second-order valence-corrected chi connectivity index (χ2v) is 7.20. The molecule has 1 rings (SSSR count). The van der Waals surface area contributed by atoms with Crippen LogP contribution in [0.1, 0.15) is 70.9 Å². The van der Waals surface area contributed by atoms with E-state index in [-0.39, 0.29) is 13.2 Å². The van der Waals surface area contributed by atoms with Crippen LogP contribution >= 0.6 is 0 Å². The van der Waals surface area contributed by atoms with E-state index in [0.717, 1.165) is 36.8 Å². The number of hydrogen-bond donors (Lipinski definition) is 2. The number of unbranched alkanes of at least 4 members (excludes halogenated alkanes) is 2. The van der Waals surface area contributed by atoms with Gasteiger partial charge in [0.25, 0.3) is 0 Å². The van der Waals surface area contributed by atoms with E-state index in [0.29, 0.717) is 17.9 Å². The van der Waals surface area contributed by atoms with Gasteiger partial charge in [-0.05, 0) is 70.6 Å². The van der Waals surface area contributed by atoms with Gasteiger partial charge in [0.2, 0.25) is 0 Å². The molecule has 0 aliphatic rings. The zero-order valence-electron chi connectivity index (χ0n) is 17.0. The minimum absolute atomic E-state index is 0.0299. The lowest BCUT2D eigenvalue weighted by atomic mass is 10.00. The number of aliphatic hydroxyl groups is 1. The fourth-order valence-corrected chi connectivity index (χ4v) is 2.87. The molecule has 0 heterocycles. The maximum Gasteiger partial charge on any atom is 0.126 e. The topological polar surface area (TPSA) is 49.7 Å². The van der Waals surface area contributed by atoms with Crippen LogP contribution in [-0.2, 0) is 12.8 Å². The standard InChI is InChI=1S/C23H36O3/c1-5-6-7-11-20-16-22(25)21(23(17-20)26-15-14-24)13-12-19(4)10-8-9-18(2)3/h9,12,16-17,24-25H,5-8,10-11,13-15H2,1-4H3. The first kappa shape index (κ1) is 22.3. The summed E-state index contributed by atoms with van der Waals surface area (Å²) in [5.41, 5.74) is 4.55. The number of ether oxygens (including phenoxy) is 1. The Morgan fingerprint density at radius 3 is 2.54 bits per heavy atom. The lowest BCUT2D eigenvalue weighted by Crippen LogP contribution is -2.05. The molecule has 0 fully saturated rings. The molecule has 0 saturated heterocycles. The molecular weight excluding hydrogens is 324 g/mol. The predicted molar refractivity (Wildman–Crippen MR) is 110 cm³/mol. The van der Waals surface area contributed by atoms with Crippen LogP contribution in [0.4, 0.5) is 0 Å². The fourth-order valence-electron chi connectivity index (χ4n) is 2.87. The van der Waals surface area contributed by atoms with Crippen molar-refractivity contribution >= 4 is 0 Å². The van der Waals surface area contributed by atoms with E-state index in [1.165, 1.54) is 24.0 Å². The Hall–Kier alpha value is -1.74. The van der Waals surface area contributed by atoms with Gasteiger partial charge in [0.15, 0.2) is 0 Å². The summed E-state index contributed by atoms with van der Waals surface area (Å²) in [7, 11) is 0. The van der Waals surface area contributed by atoms with Crippen molar-refractivity contribution in [1.29, 1.82) is 0 Å². The normalized spacial score (nSPS) is 11.5. The minimum atomic E-state index is -0.0299. The number of aliphatic hydroxyl groups excluding tert-OH is 1. The molecule has 0 unspecified atom stereocenters. The van der Waals surface area contributed by atoms with Crippen LogP contribution in [-0.4, -0.2) is 23.4 Å². The van der Waals surface area contributed by atoms with E-state index in [1.807, 2.05) is 12.1 Å². The third-order valence-electron chi connectivity index (χ3n) is 4.41. The van der Waals surface area contributed by atoms with E-state index >= 15 is 0 Å². The van der Waals surface area contributed by atoms with Crippen LogP contribution in [0.5, 0.6) is 11.5 Å². The number of hydrogen-bond acceptors (Lipinski definition) is 3. The Bertz CT molecular complexity index is 596. The molecule has 0 spiro atoms. The number of aromatic hydroxyl groups is 1. The monoisotopic (exact) mass is 360 g/mol. The third-order valence-corrected chi connectivity index (χ3v) is 4.41. The lowest BCUT2D eigenvalue weighted by Gasteiger charge is -2.14. The Morgan fingerprint density at radius 1 is 1.12 bits per heavy atom. The highest BCUT2D eigenvalue weighted by Crippen LogP contribution is 2.32. The molecule has 0 radical (unpaired) electrons. The molecule has 3 heteroatoms. The second kappa shape index (κ2) is 12.6. The van der Waals surface area contributed by atoms with Crippen LogP contribution in [0.3, 0.4) is 0 Å². The summed E-state index contributed by atoms with van der Waals surface area (Å²) in [6.07, 6.45) is 11.5. The molecule has 0 saturated carbocycles. The van der Waals surface area contributed by atoms with Gasteiger partial charge >= 0.3 is 0 Å². The van der Waals surface area contributed by atoms with Crippen molar-refractivity contribution in [3.63, 3.8) is 0 Å². The van der Waals surface area contributed by atoms with Crippen molar-refractivity contribution in [2.75, 3.05) is 13.2 Å². The largest absolute Gasteiger partial charge is 0.508 e. The van der Waals surface area contributed by atoms with Crippen LogP contribution in [0.25, 0.3) is 0 Å². The number of phenols is 1. The van der Waals surface area contributed by atoms with Crippen LogP contribution in [0.15, 0.2) is 35.4 Å². The highest BCUT2D eigenvalue weighted by Gasteiger charge is 2.11. The average Bonchev–Trinajstić information content (AvgIpc) is 2.58. The summed E-state index contributed by atoms with van der Waals surface area (Å²) < 4.78 is 5.71. The smallest absolute Gasteiger partial charge is 0.126 e. The van der Waals surface area contributed by atoms with E-state index in [9.17, 15) is 5.11 Å². The van der Waals surface area contributed by atoms with Crippen molar-refractivity contribution in [2.45, 2.75) is 72.6 Å². The first-order valence-electron chi connectivity index (χ1n) is 9.85. The average molecular weight is 361 g/mol. The maximum absolute atomic E-state index is 10.5. The van der Waals surface area contributed by atoms with Gasteiger partial charge < -0.3 is 14.9 Å². The predicted octanol–water partition coefficient (Wildman–Crippen LogP) is 5.73. The highest BCUT2D eigenvalue weighted by atomic mass is 16.5. The summed E-state index contributed by atoms with van der Waals surface area (Å²) in [6, 6.07) is 3.88. The minimum Gasteiger partial charge on any atom is -0.508 e. The molecule has 0 aliphatic carbocycles. The van der Waals surface area contributed by atoms with Gasteiger partial charge in [-0.1, -0.05) is 43.1 Å². The first-order chi connectivity index (χ1) is 12.5. The van der Waals surface area contributed by atoms with Gasteiger partial charge in [0.1, 0.15) is 18.1 Å². The molecule has 0 aromatic heterocycles. The van der Waals surface area contributed by atoms with Gasteiger partial charge in [-0.15, -0.1) is 0 Å². The molecule has 1 aromatic carbocycles. The number of rotatable bonds is 12. The Balaban J connectivity index is 2.88. The van der Waals surface area contributed by atoms with E-state index in [4.69, 9.17) is 9.84 Å². The zero-order valence-corrected chi connectivity index (χ0v) is 17.0. The van der Waals surface area contributed by atoms with Gasteiger partial charge in [0.05, 0.1) is 6.61 Å². The number of phenolic OH excluding ortho intramolecular Hbond substituents is 1. The third kappa shape index (κ3) is 8.57. The fraction of sp³-hybridized carbons (Fsp3) is 0.565. The quantitative estimate of drug-likeness (QED) is 0.369. The van der Waals surface area contributed by atoms with Gasteiger partial charge in [-0.2, -0.15) is 0 Å². The molecule has 3 nitrogen and oxygen atoms in total. The molecule has 0 atom stereocenters. The van der Waals surface area contributed by atoms with E-state index in [2.05, 4.69) is 39.8 Å². The van der Waals surface area contributed by atoms with Crippen molar-refractivity contribution < 1.29 is 14.9 Å². The molecule has 2 N–H and O–H groups in total. The highest BCUT2D eigenvalue weighted by molar-refractivity contribution is 5.48. The summed E-state index contributed by atoms with van der Waals surface area (Å²) in [4.78, 5) is 0. The van der Waals surface area contributed by atoms with E-state index in [1.54, 1.807) is 0 Å². The van der Waals surface area contributed by atoms with Crippen LogP contribution in [0, 0.1) is 0 Å².